The lowest BCUT2D eigenvalue weighted by atomic mass is 10.1. The lowest BCUT2D eigenvalue weighted by Gasteiger charge is -2.00. The van der Waals surface area contributed by atoms with Gasteiger partial charge in [-0.3, -0.25) is 0 Å². The van der Waals surface area contributed by atoms with Crippen molar-refractivity contribution in [2.75, 3.05) is 6.54 Å². The van der Waals surface area contributed by atoms with Gasteiger partial charge in [-0.25, -0.2) is 0 Å². The molecule has 3 heteroatoms. The summed E-state index contributed by atoms with van der Waals surface area (Å²) in [6.45, 7) is 3.85. The van der Waals surface area contributed by atoms with Crippen molar-refractivity contribution in [2.24, 2.45) is 0 Å². The molecule has 0 bridgehead atoms. The molecular weight excluding hydrogens is 194 g/mol. The van der Waals surface area contributed by atoms with E-state index in [9.17, 15) is 0 Å². The van der Waals surface area contributed by atoms with Crippen LogP contribution in [0.3, 0.4) is 0 Å². The average molecular weight is 207 g/mol. The number of thiophene rings is 1. The molecule has 0 amide bonds. The number of furan rings is 1. The third-order valence-corrected chi connectivity index (χ3v) is 2.80. The maximum atomic E-state index is 5.43. The summed E-state index contributed by atoms with van der Waals surface area (Å²) < 4.78 is 5.43. The van der Waals surface area contributed by atoms with Gasteiger partial charge in [0.25, 0.3) is 0 Å². The smallest absolute Gasteiger partial charge is 0.125 e. The third kappa shape index (κ3) is 1.89. The number of hydrogen-bond donors (Lipinski definition) is 1. The van der Waals surface area contributed by atoms with Crippen LogP contribution in [0.4, 0.5) is 0 Å². The largest absolute Gasteiger partial charge is 0.467 e. The quantitative estimate of drug-likeness (QED) is 0.833. The van der Waals surface area contributed by atoms with Crippen LogP contribution in [0.2, 0.25) is 0 Å². The summed E-state index contributed by atoms with van der Waals surface area (Å²) in [6.07, 6.45) is 1.75. The molecule has 0 unspecified atom stereocenters. The number of nitrogens with one attached hydrogen (secondary N) is 1. The van der Waals surface area contributed by atoms with Crippen LogP contribution in [-0.4, -0.2) is 6.54 Å². The molecule has 2 rings (SSSR count). The van der Waals surface area contributed by atoms with Gasteiger partial charge in [-0.15, -0.1) is 0 Å². The van der Waals surface area contributed by atoms with Crippen LogP contribution in [0.25, 0.3) is 11.1 Å². The predicted octanol–water partition coefficient (Wildman–Crippen LogP) is 3.12. The van der Waals surface area contributed by atoms with Crippen molar-refractivity contribution >= 4 is 11.3 Å². The van der Waals surface area contributed by atoms with Gasteiger partial charge >= 0.3 is 0 Å². The second kappa shape index (κ2) is 4.44. The van der Waals surface area contributed by atoms with Gasteiger partial charge in [0.1, 0.15) is 5.76 Å². The Bertz CT molecular complexity index is 378. The minimum Gasteiger partial charge on any atom is -0.467 e. The first-order chi connectivity index (χ1) is 6.92. The summed E-state index contributed by atoms with van der Waals surface area (Å²) in [7, 11) is 0. The summed E-state index contributed by atoms with van der Waals surface area (Å²) in [5.41, 5.74) is 2.45. The molecule has 0 aliphatic rings. The first-order valence-electron chi connectivity index (χ1n) is 4.71. The van der Waals surface area contributed by atoms with E-state index in [4.69, 9.17) is 4.42 Å². The summed E-state index contributed by atoms with van der Waals surface area (Å²) >= 11 is 1.71. The van der Waals surface area contributed by atoms with Gasteiger partial charge in [0, 0.05) is 5.56 Å². The highest BCUT2D eigenvalue weighted by molar-refractivity contribution is 7.08. The Hall–Kier alpha value is -1.06. The molecule has 0 saturated carbocycles. The molecule has 0 aromatic carbocycles. The van der Waals surface area contributed by atoms with Crippen molar-refractivity contribution in [1.82, 2.24) is 5.32 Å². The van der Waals surface area contributed by atoms with E-state index in [0.29, 0.717) is 0 Å². The third-order valence-electron chi connectivity index (χ3n) is 2.11. The minimum atomic E-state index is 0.800. The highest BCUT2D eigenvalue weighted by Crippen LogP contribution is 2.26. The van der Waals surface area contributed by atoms with Gasteiger partial charge in [-0.1, -0.05) is 6.92 Å². The van der Waals surface area contributed by atoms with Crippen molar-refractivity contribution in [3.8, 4) is 11.1 Å². The maximum Gasteiger partial charge on any atom is 0.125 e. The second-order valence-corrected chi connectivity index (χ2v) is 3.83. The molecule has 2 aromatic rings. The Balaban J connectivity index is 2.22. The molecule has 2 heterocycles. The zero-order valence-corrected chi connectivity index (χ0v) is 8.93. The Morgan fingerprint density at radius 1 is 1.43 bits per heavy atom. The Labute approximate surface area is 87.6 Å². The van der Waals surface area contributed by atoms with Gasteiger partial charge in [0.2, 0.25) is 0 Å². The van der Waals surface area contributed by atoms with Crippen molar-refractivity contribution < 1.29 is 4.42 Å². The van der Waals surface area contributed by atoms with Crippen molar-refractivity contribution in [3.63, 3.8) is 0 Å². The van der Waals surface area contributed by atoms with E-state index in [1.807, 2.05) is 6.07 Å². The van der Waals surface area contributed by atoms with Crippen LogP contribution >= 0.6 is 11.3 Å². The zero-order valence-electron chi connectivity index (χ0n) is 8.12. The van der Waals surface area contributed by atoms with E-state index < -0.39 is 0 Å². The van der Waals surface area contributed by atoms with E-state index in [1.165, 1.54) is 11.1 Å². The SMILES string of the molecule is CCNCc1occc1-c1ccsc1. The van der Waals surface area contributed by atoms with Crippen LogP contribution in [-0.2, 0) is 6.54 Å². The van der Waals surface area contributed by atoms with E-state index in [1.54, 1.807) is 17.6 Å². The van der Waals surface area contributed by atoms with Crippen LogP contribution < -0.4 is 5.32 Å². The summed E-state index contributed by atoms with van der Waals surface area (Å²) in [5, 5.41) is 7.48. The van der Waals surface area contributed by atoms with Crippen LogP contribution in [0.5, 0.6) is 0 Å². The van der Waals surface area contributed by atoms with E-state index >= 15 is 0 Å². The van der Waals surface area contributed by atoms with E-state index in [2.05, 4.69) is 29.1 Å². The second-order valence-electron chi connectivity index (χ2n) is 3.05. The highest BCUT2D eigenvalue weighted by Gasteiger charge is 2.07. The summed E-state index contributed by atoms with van der Waals surface area (Å²) in [6, 6.07) is 4.14. The molecule has 0 aliphatic carbocycles. The van der Waals surface area contributed by atoms with Gasteiger partial charge < -0.3 is 9.73 Å². The topological polar surface area (TPSA) is 25.2 Å². The van der Waals surface area contributed by atoms with Gasteiger partial charge in [-0.05, 0) is 35.0 Å². The molecule has 2 nitrogen and oxygen atoms in total. The van der Waals surface area contributed by atoms with Crippen molar-refractivity contribution in [1.29, 1.82) is 0 Å². The molecule has 0 radical (unpaired) electrons. The lowest BCUT2D eigenvalue weighted by Crippen LogP contribution is -2.11. The Kier molecular flexibility index (Phi) is 3.01. The van der Waals surface area contributed by atoms with Gasteiger partial charge in [0.15, 0.2) is 0 Å². The van der Waals surface area contributed by atoms with Crippen molar-refractivity contribution in [3.05, 3.63) is 34.9 Å². The summed E-state index contributed by atoms with van der Waals surface area (Å²) in [5.74, 6) is 1.02. The van der Waals surface area contributed by atoms with E-state index in [-0.39, 0.29) is 0 Å². The molecule has 0 saturated heterocycles. The maximum absolute atomic E-state index is 5.43. The number of hydrogen-bond acceptors (Lipinski definition) is 3. The normalized spacial score (nSPS) is 10.6. The summed E-state index contributed by atoms with van der Waals surface area (Å²) in [4.78, 5) is 0. The molecule has 14 heavy (non-hydrogen) atoms. The molecule has 0 atom stereocenters. The fraction of sp³-hybridized carbons (Fsp3) is 0.273. The predicted molar refractivity (Wildman–Crippen MR) is 59.4 cm³/mol. The molecule has 0 spiro atoms. The Morgan fingerprint density at radius 2 is 2.36 bits per heavy atom. The van der Waals surface area contributed by atoms with Crippen LogP contribution in [0, 0.1) is 0 Å². The van der Waals surface area contributed by atoms with E-state index in [0.717, 1.165) is 18.8 Å². The molecule has 74 valence electrons. The van der Waals surface area contributed by atoms with Gasteiger partial charge in [0.05, 0.1) is 12.8 Å². The first-order valence-corrected chi connectivity index (χ1v) is 5.65. The first kappa shape index (κ1) is 9.49. The molecule has 0 aliphatic heterocycles. The molecular formula is C11H13NOS. The van der Waals surface area contributed by atoms with Crippen molar-refractivity contribution in [2.45, 2.75) is 13.5 Å². The minimum absolute atomic E-state index is 0.800. The molecule has 2 aromatic heterocycles. The lowest BCUT2D eigenvalue weighted by molar-refractivity contribution is 0.489. The van der Waals surface area contributed by atoms with Crippen LogP contribution in [0.15, 0.2) is 33.6 Å². The standard InChI is InChI=1S/C11H13NOS/c1-2-12-7-11-10(3-5-13-11)9-4-6-14-8-9/h3-6,8,12H,2,7H2,1H3. The average Bonchev–Trinajstić information content (AvgIpc) is 2.84. The monoisotopic (exact) mass is 207 g/mol. The Morgan fingerprint density at radius 3 is 3.07 bits per heavy atom. The molecule has 1 N–H and O–H groups in total. The fourth-order valence-corrected chi connectivity index (χ4v) is 2.05. The fourth-order valence-electron chi connectivity index (χ4n) is 1.39. The highest BCUT2D eigenvalue weighted by atomic mass is 32.1. The van der Waals surface area contributed by atoms with Crippen LogP contribution in [0.1, 0.15) is 12.7 Å². The zero-order chi connectivity index (χ0) is 9.80. The number of rotatable bonds is 4. The van der Waals surface area contributed by atoms with Gasteiger partial charge in [-0.2, -0.15) is 11.3 Å². The molecule has 0 fully saturated rings.